The molecule has 1 atom stereocenters. The largest absolute Gasteiger partial charge is 0.341 e. The van der Waals surface area contributed by atoms with E-state index in [9.17, 15) is 4.79 Å². The summed E-state index contributed by atoms with van der Waals surface area (Å²) in [6, 6.07) is 12.0. The lowest BCUT2D eigenvalue weighted by Gasteiger charge is -2.22. The number of carbonyl (C=O) groups excluding carboxylic acids is 1. The number of hydrogen-bond donors (Lipinski definition) is 1. The molecule has 0 spiro atoms. The summed E-state index contributed by atoms with van der Waals surface area (Å²) in [6.45, 7) is 3.16. The maximum Gasteiger partial charge on any atom is 0.274 e. The lowest BCUT2D eigenvalue weighted by molar-refractivity contribution is 0.0724. The van der Waals surface area contributed by atoms with E-state index in [1.54, 1.807) is 0 Å². The fourth-order valence-corrected chi connectivity index (χ4v) is 4.00. The molecule has 8 heteroatoms. The Bertz CT molecular complexity index is 1140. The van der Waals surface area contributed by atoms with Crippen molar-refractivity contribution in [2.75, 3.05) is 6.54 Å². The summed E-state index contributed by atoms with van der Waals surface area (Å²) in [6.07, 6.45) is 3.83. The predicted molar refractivity (Wildman–Crippen MR) is 102 cm³/mol. The highest BCUT2D eigenvalue weighted by molar-refractivity contribution is 5.93. The Morgan fingerprint density at radius 2 is 2.18 bits per heavy atom. The molecule has 1 aliphatic rings. The summed E-state index contributed by atoms with van der Waals surface area (Å²) in [5, 5.41) is 16.3. The molecule has 5 rings (SSSR count). The molecule has 1 aliphatic heterocycles. The van der Waals surface area contributed by atoms with Crippen LogP contribution in [0.3, 0.4) is 0 Å². The molecule has 4 heterocycles. The number of H-pyrrole nitrogens is 1. The maximum atomic E-state index is 13.0. The average molecular weight is 376 g/mol. The summed E-state index contributed by atoms with van der Waals surface area (Å²) in [4.78, 5) is 14.9. The molecule has 0 bridgehead atoms. The number of aryl methyl sites for hydroxylation is 1. The van der Waals surface area contributed by atoms with Gasteiger partial charge in [-0.15, -0.1) is 0 Å². The van der Waals surface area contributed by atoms with Crippen LogP contribution in [0.25, 0.3) is 10.9 Å². The van der Waals surface area contributed by atoms with Gasteiger partial charge in [0.05, 0.1) is 18.3 Å². The second kappa shape index (κ2) is 6.63. The van der Waals surface area contributed by atoms with Gasteiger partial charge in [-0.25, -0.2) is 4.63 Å². The Labute approximate surface area is 161 Å². The van der Waals surface area contributed by atoms with Crippen molar-refractivity contribution >= 4 is 16.8 Å². The number of nitrogens with zero attached hydrogens (tertiary/aromatic N) is 5. The fourth-order valence-electron chi connectivity index (χ4n) is 4.00. The number of rotatable bonds is 4. The van der Waals surface area contributed by atoms with Crippen molar-refractivity contribution in [3.05, 3.63) is 65.4 Å². The molecule has 142 valence electrons. The Morgan fingerprint density at radius 3 is 3.04 bits per heavy atom. The number of para-hydroxylation sites is 1. The van der Waals surface area contributed by atoms with E-state index in [2.05, 4.69) is 43.3 Å². The molecule has 8 nitrogen and oxygen atoms in total. The molecule has 0 radical (unpaired) electrons. The van der Waals surface area contributed by atoms with E-state index >= 15 is 0 Å². The summed E-state index contributed by atoms with van der Waals surface area (Å²) >= 11 is 0. The molecule has 1 unspecified atom stereocenters. The third kappa shape index (κ3) is 2.77. The highest BCUT2D eigenvalue weighted by atomic mass is 16.6. The Morgan fingerprint density at radius 1 is 1.29 bits per heavy atom. The zero-order chi connectivity index (χ0) is 19.1. The highest BCUT2D eigenvalue weighted by Crippen LogP contribution is 2.33. The Balaban J connectivity index is 1.37. The van der Waals surface area contributed by atoms with Crippen LogP contribution in [0.4, 0.5) is 0 Å². The quantitative estimate of drug-likeness (QED) is 0.591. The van der Waals surface area contributed by atoms with Crippen molar-refractivity contribution in [3.63, 3.8) is 0 Å². The van der Waals surface area contributed by atoms with Gasteiger partial charge in [0.2, 0.25) is 0 Å². The third-order valence-electron chi connectivity index (χ3n) is 5.39. The van der Waals surface area contributed by atoms with Gasteiger partial charge >= 0.3 is 0 Å². The minimum Gasteiger partial charge on any atom is -0.341 e. The molecule has 0 saturated carbocycles. The zero-order valence-electron chi connectivity index (χ0n) is 15.5. The van der Waals surface area contributed by atoms with E-state index in [-0.39, 0.29) is 11.9 Å². The number of nitrogens with one attached hydrogen (secondary N) is 1. The number of fused-ring (bicyclic) bond motifs is 1. The topological polar surface area (TPSA) is 92.8 Å². The first-order valence-corrected chi connectivity index (χ1v) is 9.39. The van der Waals surface area contributed by atoms with Crippen LogP contribution >= 0.6 is 0 Å². The molecule has 1 amide bonds. The SMILES string of the molecule is Cc1nonc1C1CCCN1C(=O)c1cc(Cn2ccc3ccccc32)[nH]n1. The maximum absolute atomic E-state index is 13.0. The molecule has 1 fully saturated rings. The number of amides is 1. The lowest BCUT2D eigenvalue weighted by atomic mass is 10.1. The average Bonchev–Trinajstić information content (AvgIpc) is 3.48. The van der Waals surface area contributed by atoms with Crippen LogP contribution in [-0.2, 0) is 6.54 Å². The first-order chi connectivity index (χ1) is 13.7. The first-order valence-electron chi connectivity index (χ1n) is 9.39. The molecule has 0 aliphatic carbocycles. The van der Waals surface area contributed by atoms with Crippen molar-refractivity contribution in [1.82, 2.24) is 30.0 Å². The summed E-state index contributed by atoms with van der Waals surface area (Å²) in [5.74, 6) is -0.0928. The monoisotopic (exact) mass is 376 g/mol. The molecular weight excluding hydrogens is 356 g/mol. The van der Waals surface area contributed by atoms with Gasteiger partial charge in [0.25, 0.3) is 5.91 Å². The van der Waals surface area contributed by atoms with E-state index in [0.29, 0.717) is 18.8 Å². The van der Waals surface area contributed by atoms with Crippen molar-refractivity contribution < 1.29 is 9.42 Å². The summed E-state index contributed by atoms with van der Waals surface area (Å²) in [7, 11) is 0. The third-order valence-corrected chi connectivity index (χ3v) is 5.39. The van der Waals surface area contributed by atoms with Crippen molar-refractivity contribution in [2.24, 2.45) is 0 Å². The molecule has 3 aromatic heterocycles. The minimum atomic E-state index is -0.104. The zero-order valence-corrected chi connectivity index (χ0v) is 15.5. The Hall–Kier alpha value is -3.42. The van der Waals surface area contributed by atoms with Gasteiger partial charge in [0.1, 0.15) is 17.1 Å². The standard InChI is InChI=1S/C20H20N6O2/c1-13-19(24-28-23-13)18-7-4-9-26(18)20(27)16-11-15(21-22-16)12-25-10-8-14-5-2-3-6-17(14)25/h2-3,5-6,8,10-11,18H,4,7,9,12H2,1H3,(H,21,22). The second-order valence-corrected chi connectivity index (χ2v) is 7.17. The van der Waals surface area contributed by atoms with Crippen molar-refractivity contribution in [1.29, 1.82) is 0 Å². The van der Waals surface area contributed by atoms with Crippen LogP contribution < -0.4 is 0 Å². The number of likely N-dealkylation sites (tertiary alicyclic amines) is 1. The smallest absolute Gasteiger partial charge is 0.274 e. The van der Waals surface area contributed by atoms with Gasteiger partial charge in [-0.05, 0) is 43.4 Å². The van der Waals surface area contributed by atoms with Crippen LogP contribution in [0.15, 0.2) is 47.2 Å². The highest BCUT2D eigenvalue weighted by Gasteiger charge is 2.34. The molecule has 1 saturated heterocycles. The number of hydrogen-bond acceptors (Lipinski definition) is 5. The van der Waals surface area contributed by atoms with E-state index in [1.807, 2.05) is 36.2 Å². The van der Waals surface area contributed by atoms with Crippen molar-refractivity contribution in [2.45, 2.75) is 32.4 Å². The number of benzene rings is 1. The molecule has 1 N–H and O–H groups in total. The molecule has 1 aromatic carbocycles. The number of aromatic amines is 1. The minimum absolute atomic E-state index is 0.0928. The summed E-state index contributed by atoms with van der Waals surface area (Å²) < 4.78 is 6.97. The van der Waals surface area contributed by atoms with E-state index < -0.39 is 0 Å². The van der Waals surface area contributed by atoms with Gasteiger partial charge in [-0.2, -0.15) is 5.10 Å². The number of carbonyl (C=O) groups is 1. The van der Waals surface area contributed by atoms with Gasteiger partial charge in [-0.3, -0.25) is 9.89 Å². The van der Waals surface area contributed by atoms with Gasteiger partial charge in [0.15, 0.2) is 0 Å². The first kappa shape index (κ1) is 16.7. The van der Waals surface area contributed by atoms with Crippen LogP contribution in [-0.4, -0.2) is 42.4 Å². The normalized spacial score (nSPS) is 16.9. The Kier molecular flexibility index (Phi) is 3.96. The van der Waals surface area contributed by atoms with Crippen LogP contribution in [0.2, 0.25) is 0 Å². The van der Waals surface area contributed by atoms with E-state index in [0.717, 1.165) is 35.4 Å². The van der Waals surface area contributed by atoms with Gasteiger partial charge in [0, 0.05) is 18.3 Å². The van der Waals surface area contributed by atoms with Crippen molar-refractivity contribution in [3.8, 4) is 0 Å². The van der Waals surface area contributed by atoms with Crippen LogP contribution in [0.5, 0.6) is 0 Å². The molecule has 28 heavy (non-hydrogen) atoms. The second-order valence-electron chi connectivity index (χ2n) is 7.17. The van der Waals surface area contributed by atoms with Gasteiger partial charge in [-0.1, -0.05) is 28.5 Å². The van der Waals surface area contributed by atoms with Crippen LogP contribution in [0.1, 0.15) is 46.5 Å². The van der Waals surface area contributed by atoms with Crippen LogP contribution in [0, 0.1) is 6.92 Å². The summed E-state index contributed by atoms with van der Waals surface area (Å²) in [5.41, 5.74) is 3.93. The predicted octanol–water partition coefficient (Wildman–Crippen LogP) is 3.08. The van der Waals surface area contributed by atoms with E-state index in [1.165, 1.54) is 5.39 Å². The molecular formula is C20H20N6O2. The van der Waals surface area contributed by atoms with E-state index in [4.69, 9.17) is 4.63 Å². The molecule has 4 aromatic rings. The fraction of sp³-hybridized carbons (Fsp3) is 0.300. The number of aromatic nitrogens is 5. The lowest BCUT2D eigenvalue weighted by Crippen LogP contribution is -2.31. The van der Waals surface area contributed by atoms with Gasteiger partial charge < -0.3 is 9.47 Å².